The molecule has 0 saturated heterocycles. The van der Waals surface area contributed by atoms with Crippen molar-refractivity contribution in [2.24, 2.45) is 0 Å². The second-order valence-corrected chi connectivity index (χ2v) is 5.80. The lowest BCUT2D eigenvalue weighted by molar-refractivity contribution is 0.215. The minimum atomic E-state index is -0.724. The van der Waals surface area contributed by atoms with Crippen molar-refractivity contribution in [3.8, 4) is 0 Å². The van der Waals surface area contributed by atoms with Crippen LogP contribution in [-0.2, 0) is 0 Å². The molecule has 1 aromatic carbocycles. The molecule has 4 heteroatoms. The third-order valence-corrected chi connectivity index (χ3v) is 4.20. The summed E-state index contributed by atoms with van der Waals surface area (Å²) in [6.45, 7) is 6.05. The minimum Gasteiger partial charge on any atom is -0.382 e. The van der Waals surface area contributed by atoms with Crippen molar-refractivity contribution >= 4 is 27.5 Å². The average Bonchev–Trinajstić information content (AvgIpc) is 2.56. The van der Waals surface area contributed by atoms with Gasteiger partial charge in [-0.05, 0) is 44.0 Å². The van der Waals surface area contributed by atoms with Gasteiger partial charge in [0.25, 0.3) is 0 Å². The van der Waals surface area contributed by atoms with E-state index in [-0.39, 0.29) is 0 Å². The van der Waals surface area contributed by atoms with Gasteiger partial charge in [0, 0.05) is 20.8 Å². The first-order chi connectivity index (χ1) is 8.41. The van der Waals surface area contributed by atoms with Gasteiger partial charge in [0.15, 0.2) is 0 Å². The second-order valence-electron chi connectivity index (χ2n) is 4.48. The third kappa shape index (κ3) is 2.35. The summed E-state index contributed by atoms with van der Waals surface area (Å²) in [6.07, 6.45) is -0.724. The first-order valence-corrected chi connectivity index (χ1v) is 6.87. The molecule has 1 unspecified atom stereocenters. The number of aryl methyl sites for hydroxylation is 1. The molecule has 0 aliphatic heterocycles. The number of hydrogen-bond acceptors (Lipinski definition) is 1. The zero-order valence-corrected chi connectivity index (χ0v) is 12.9. The number of H-pyrrole nitrogens is 1. The summed E-state index contributed by atoms with van der Waals surface area (Å²) in [6, 6.07) is 5.50. The zero-order valence-electron chi connectivity index (χ0n) is 10.5. The Kier molecular flexibility index (Phi) is 3.85. The molecule has 0 aliphatic carbocycles. The number of rotatable bonds is 2. The molecule has 2 N–H and O–H groups in total. The maximum atomic E-state index is 10.5. The summed E-state index contributed by atoms with van der Waals surface area (Å²) in [7, 11) is 0. The lowest BCUT2D eigenvalue weighted by Crippen LogP contribution is -2.03. The summed E-state index contributed by atoms with van der Waals surface area (Å²) < 4.78 is 0.902. The van der Waals surface area contributed by atoms with Crippen LogP contribution in [-0.4, -0.2) is 10.1 Å². The summed E-state index contributed by atoms with van der Waals surface area (Å²) in [5.41, 5.74) is 4.87. The van der Waals surface area contributed by atoms with Crippen LogP contribution >= 0.6 is 27.5 Å². The molecular formula is C14H15BrClNO. The van der Waals surface area contributed by atoms with Crippen molar-refractivity contribution in [2.45, 2.75) is 26.9 Å². The Balaban J connectivity index is 2.47. The molecule has 0 amide bonds. The summed E-state index contributed by atoms with van der Waals surface area (Å²) in [5.74, 6) is 0. The van der Waals surface area contributed by atoms with E-state index in [1.807, 2.05) is 32.9 Å². The molecule has 0 spiro atoms. The van der Waals surface area contributed by atoms with E-state index in [9.17, 15) is 5.11 Å². The van der Waals surface area contributed by atoms with Crippen molar-refractivity contribution in [3.05, 3.63) is 55.8 Å². The standard InChI is InChI=1S/C14H15BrClNO/c1-7-8(2)13(17-9(7)3)14(18)11-5-4-10(15)6-12(11)16/h4-6,14,17-18H,1-3H3. The van der Waals surface area contributed by atoms with Gasteiger partial charge in [0.2, 0.25) is 0 Å². The van der Waals surface area contributed by atoms with E-state index in [2.05, 4.69) is 20.9 Å². The molecule has 1 atom stereocenters. The molecule has 0 bridgehead atoms. The lowest BCUT2D eigenvalue weighted by Gasteiger charge is -2.13. The van der Waals surface area contributed by atoms with Crippen molar-refractivity contribution in [2.75, 3.05) is 0 Å². The van der Waals surface area contributed by atoms with Crippen molar-refractivity contribution in [1.29, 1.82) is 0 Å². The monoisotopic (exact) mass is 327 g/mol. The maximum Gasteiger partial charge on any atom is 0.120 e. The van der Waals surface area contributed by atoms with Crippen LogP contribution in [0.2, 0.25) is 5.02 Å². The number of benzene rings is 1. The van der Waals surface area contributed by atoms with Gasteiger partial charge in [-0.3, -0.25) is 0 Å². The number of hydrogen-bond donors (Lipinski definition) is 2. The minimum absolute atomic E-state index is 0.557. The Morgan fingerprint density at radius 3 is 2.39 bits per heavy atom. The molecular weight excluding hydrogens is 314 g/mol. The van der Waals surface area contributed by atoms with Gasteiger partial charge in [0.05, 0.1) is 5.69 Å². The largest absolute Gasteiger partial charge is 0.382 e. The van der Waals surface area contributed by atoms with Crippen LogP contribution in [0.5, 0.6) is 0 Å². The Morgan fingerprint density at radius 2 is 1.89 bits per heavy atom. The number of aliphatic hydroxyl groups is 1. The molecule has 1 aromatic heterocycles. The lowest BCUT2D eigenvalue weighted by atomic mass is 10.0. The van der Waals surface area contributed by atoms with Crippen molar-refractivity contribution in [1.82, 2.24) is 4.98 Å². The summed E-state index contributed by atoms with van der Waals surface area (Å²) >= 11 is 9.53. The highest BCUT2D eigenvalue weighted by molar-refractivity contribution is 9.10. The van der Waals surface area contributed by atoms with Gasteiger partial charge < -0.3 is 10.1 Å². The number of nitrogens with one attached hydrogen (secondary N) is 1. The summed E-state index contributed by atoms with van der Waals surface area (Å²) in [4.78, 5) is 3.23. The quantitative estimate of drug-likeness (QED) is 0.840. The highest BCUT2D eigenvalue weighted by atomic mass is 79.9. The fraction of sp³-hybridized carbons (Fsp3) is 0.286. The number of aromatic amines is 1. The third-order valence-electron chi connectivity index (χ3n) is 3.38. The fourth-order valence-electron chi connectivity index (χ4n) is 2.02. The maximum absolute atomic E-state index is 10.5. The first-order valence-electron chi connectivity index (χ1n) is 5.70. The van der Waals surface area contributed by atoms with Crippen LogP contribution in [0, 0.1) is 20.8 Å². The molecule has 96 valence electrons. The molecule has 2 aromatic rings. The number of aromatic nitrogens is 1. The fourth-order valence-corrected chi connectivity index (χ4v) is 2.80. The molecule has 2 rings (SSSR count). The van der Waals surface area contributed by atoms with Crippen LogP contribution in [0.4, 0.5) is 0 Å². The SMILES string of the molecule is Cc1[nH]c(C(O)c2ccc(Br)cc2Cl)c(C)c1C. The van der Waals surface area contributed by atoms with Gasteiger partial charge in [-0.2, -0.15) is 0 Å². The molecule has 0 fully saturated rings. The Hall–Kier alpha value is -0.770. The van der Waals surface area contributed by atoms with Crippen molar-refractivity contribution < 1.29 is 5.11 Å². The highest BCUT2D eigenvalue weighted by Crippen LogP contribution is 2.32. The molecule has 0 saturated carbocycles. The van der Waals surface area contributed by atoms with Gasteiger partial charge in [-0.15, -0.1) is 0 Å². The van der Waals surface area contributed by atoms with Gasteiger partial charge in [-0.1, -0.05) is 33.6 Å². The molecule has 18 heavy (non-hydrogen) atoms. The highest BCUT2D eigenvalue weighted by Gasteiger charge is 2.19. The van der Waals surface area contributed by atoms with Gasteiger partial charge in [-0.25, -0.2) is 0 Å². The van der Waals surface area contributed by atoms with Gasteiger partial charge >= 0.3 is 0 Å². The second kappa shape index (κ2) is 5.08. The van der Waals surface area contributed by atoms with Crippen molar-refractivity contribution in [3.63, 3.8) is 0 Å². The van der Waals surface area contributed by atoms with Crippen LogP contribution in [0.1, 0.15) is 34.2 Å². The van der Waals surface area contributed by atoms with E-state index in [1.54, 1.807) is 6.07 Å². The normalized spacial score (nSPS) is 12.8. The first kappa shape index (κ1) is 13.7. The molecule has 2 nitrogen and oxygen atoms in total. The Morgan fingerprint density at radius 1 is 1.22 bits per heavy atom. The van der Waals surface area contributed by atoms with Crippen LogP contribution < -0.4 is 0 Å². The predicted molar refractivity (Wildman–Crippen MR) is 78.2 cm³/mol. The van der Waals surface area contributed by atoms with Crippen LogP contribution in [0.15, 0.2) is 22.7 Å². The topological polar surface area (TPSA) is 36.0 Å². The van der Waals surface area contributed by atoms with Gasteiger partial charge in [0.1, 0.15) is 6.10 Å². The number of halogens is 2. The van der Waals surface area contributed by atoms with Crippen LogP contribution in [0.3, 0.4) is 0 Å². The van der Waals surface area contributed by atoms with Crippen LogP contribution in [0.25, 0.3) is 0 Å². The zero-order chi connectivity index (χ0) is 13.4. The smallest absolute Gasteiger partial charge is 0.120 e. The Labute approximate surface area is 120 Å². The molecule has 0 aliphatic rings. The van der Waals surface area contributed by atoms with E-state index < -0.39 is 6.10 Å². The van der Waals surface area contributed by atoms with E-state index >= 15 is 0 Å². The summed E-state index contributed by atoms with van der Waals surface area (Å²) in [5, 5.41) is 11.0. The number of aliphatic hydroxyl groups excluding tert-OH is 1. The average molecular weight is 329 g/mol. The van der Waals surface area contributed by atoms with E-state index in [0.29, 0.717) is 10.6 Å². The predicted octanol–water partition coefficient (Wildman–Crippen LogP) is 4.44. The van der Waals surface area contributed by atoms with E-state index in [0.717, 1.165) is 21.4 Å². The Bertz CT molecular complexity index is 592. The van der Waals surface area contributed by atoms with E-state index in [1.165, 1.54) is 5.56 Å². The molecule has 0 radical (unpaired) electrons. The molecule has 1 heterocycles. The van der Waals surface area contributed by atoms with E-state index in [4.69, 9.17) is 11.6 Å².